The van der Waals surface area contributed by atoms with Crippen LogP contribution in [0.25, 0.3) is 0 Å². The first-order chi connectivity index (χ1) is 10.1. The summed E-state index contributed by atoms with van der Waals surface area (Å²) in [5.74, 6) is -0.816. The zero-order valence-corrected chi connectivity index (χ0v) is 13.0. The topological polar surface area (TPSA) is 80.2 Å². The molecule has 6 nitrogen and oxygen atoms in total. The average Bonchev–Trinajstić information content (AvgIpc) is 3.13. The molecule has 0 aliphatic heterocycles. The van der Waals surface area contributed by atoms with E-state index in [1.807, 2.05) is 13.8 Å². The summed E-state index contributed by atoms with van der Waals surface area (Å²) in [6.07, 6.45) is 0. The van der Waals surface area contributed by atoms with Gasteiger partial charge in [-0.2, -0.15) is 8.75 Å². The van der Waals surface area contributed by atoms with Gasteiger partial charge in [0.25, 0.3) is 5.91 Å². The molecule has 3 rings (SSSR count). The predicted molar refractivity (Wildman–Crippen MR) is 78.3 cm³/mol. The van der Waals surface area contributed by atoms with Crippen molar-refractivity contribution in [1.29, 1.82) is 0 Å². The van der Waals surface area contributed by atoms with E-state index < -0.39 is 0 Å². The lowest BCUT2D eigenvalue weighted by Crippen LogP contribution is -2.29. The summed E-state index contributed by atoms with van der Waals surface area (Å²) in [6.45, 7) is 4.93. The van der Waals surface area contributed by atoms with Gasteiger partial charge in [-0.05, 0) is 19.9 Å². The van der Waals surface area contributed by atoms with E-state index in [-0.39, 0.29) is 39.3 Å². The lowest BCUT2D eigenvalue weighted by molar-refractivity contribution is 0.0777. The van der Waals surface area contributed by atoms with E-state index in [1.165, 1.54) is 6.07 Å². The van der Waals surface area contributed by atoms with E-state index in [0.29, 0.717) is 18.0 Å². The van der Waals surface area contributed by atoms with E-state index >= 15 is 0 Å². The van der Waals surface area contributed by atoms with Gasteiger partial charge < -0.3 is 4.90 Å². The minimum Gasteiger partial charge on any atom is -0.339 e. The van der Waals surface area contributed by atoms with Crippen LogP contribution in [0.5, 0.6) is 0 Å². The van der Waals surface area contributed by atoms with Gasteiger partial charge >= 0.3 is 0 Å². The zero-order chi connectivity index (χ0) is 15.1. The number of ketones is 2. The van der Waals surface area contributed by atoms with Gasteiger partial charge in [-0.25, -0.2) is 0 Å². The molecule has 0 radical (unpaired) electrons. The van der Waals surface area contributed by atoms with Crippen LogP contribution >= 0.6 is 23.1 Å². The van der Waals surface area contributed by atoms with Crippen molar-refractivity contribution >= 4 is 40.5 Å². The van der Waals surface area contributed by atoms with Crippen molar-refractivity contribution in [3.8, 4) is 0 Å². The van der Waals surface area contributed by atoms with Gasteiger partial charge in [0.1, 0.15) is 0 Å². The summed E-state index contributed by atoms with van der Waals surface area (Å²) in [7, 11) is 0. The smallest absolute Gasteiger partial charge is 0.263 e. The number of rotatable bonds is 3. The predicted octanol–water partition coefficient (Wildman–Crippen LogP) is 1.86. The molecule has 8 heteroatoms. The molecule has 2 heterocycles. The Balaban J connectivity index is 2.06. The second-order valence-corrected chi connectivity index (χ2v) is 6.03. The fourth-order valence-electron chi connectivity index (χ4n) is 2.22. The highest BCUT2D eigenvalue weighted by molar-refractivity contribution is 7.16. The van der Waals surface area contributed by atoms with E-state index in [2.05, 4.69) is 8.75 Å². The van der Waals surface area contributed by atoms with Crippen molar-refractivity contribution in [2.24, 2.45) is 0 Å². The quantitative estimate of drug-likeness (QED) is 0.735. The number of hydrogen-bond donors (Lipinski definition) is 0. The number of amides is 1. The first-order valence-electron chi connectivity index (χ1n) is 6.43. The number of thiophene rings is 1. The number of hydrogen-bond acceptors (Lipinski definition) is 7. The minimum absolute atomic E-state index is 0.0946. The van der Waals surface area contributed by atoms with Crippen LogP contribution in [0.4, 0.5) is 0 Å². The Kier molecular flexibility index (Phi) is 3.42. The third kappa shape index (κ3) is 2.02. The molecule has 0 fully saturated rings. The Morgan fingerprint density at radius 1 is 1.14 bits per heavy atom. The van der Waals surface area contributed by atoms with Gasteiger partial charge in [0.2, 0.25) is 11.6 Å². The number of aromatic nitrogens is 2. The molecular formula is C13H11N3O3S2. The van der Waals surface area contributed by atoms with Crippen LogP contribution in [0.1, 0.15) is 54.9 Å². The van der Waals surface area contributed by atoms with Gasteiger partial charge in [-0.1, -0.05) is 0 Å². The Morgan fingerprint density at radius 2 is 1.76 bits per heavy atom. The lowest BCUT2D eigenvalue weighted by Gasteiger charge is -2.17. The standard InChI is InChI=1S/C13H11N3O3S2/c1-3-16(4-2)13(19)7-5-6-10(17)8-9(15-21-14-8)11(18)12(6)20-7/h5H,3-4H2,1-2H3. The number of nitrogens with zero attached hydrogens (tertiary/aromatic N) is 3. The highest BCUT2D eigenvalue weighted by Crippen LogP contribution is 2.32. The molecule has 0 N–H and O–H groups in total. The van der Waals surface area contributed by atoms with Crippen molar-refractivity contribution < 1.29 is 14.4 Å². The van der Waals surface area contributed by atoms with E-state index in [1.54, 1.807) is 4.90 Å². The molecule has 0 spiro atoms. The zero-order valence-electron chi connectivity index (χ0n) is 11.4. The van der Waals surface area contributed by atoms with Gasteiger partial charge in [0.15, 0.2) is 11.4 Å². The number of fused-ring (bicyclic) bond motifs is 2. The monoisotopic (exact) mass is 321 g/mol. The Bertz CT molecular complexity index is 711. The SMILES string of the molecule is CCN(CC)C(=O)c1cc2c(s1)C(=O)c1nsnc1C2=O. The molecule has 0 aromatic carbocycles. The Labute approximate surface area is 128 Å². The Morgan fingerprint density at radius 3 is 2.38 bits per heavy atom. The van der Waals surface area contributed by atoms with E-state index in [4.69, 9.17) is 0 Å². The lowest BCUT2D eigenvalue weighted by atomic mass is 9.97. The van der Waals surface area contributed by atoms with Crippen molar-refractivity contribution in [3.05, 3.63) is 32.8 Å². The fourth-order valence-corrected chi connectivity index (χ4v) is 3.83. The molecule has 21 heavy (non-hydrogen) atoms. The fraction of sp³-hybridized carbons (Fsp3) is 0.308. The molecule has 0 bridgehead atoms. The summed E-state index contributed by atoms with van der Waals surface area (Å²) in [4.78, 5) is 39.3. The molecule has 0 saturated heterocycles. The van der Waals surface area contributed by atoms with Crippen LogP contribution in [-0.2, 0) is 0 Å². The van der Waals surface area contributed by atoms with Crippen molar-refractivity contribution in [3.63, 3.8) is 0 Å². The van der Waals surface area contributed by atoms with Gasteiger partial charge in [-0.3, -0.25) is 14.4 Å². The molecular weight excluding hydrogens is 310 g/mol. The van der Waals surface area contributed by atoms with Crippen LogP contribution in [-0.4, -0.2) is 44.2 Å². The summed E-state index contributed by atoms with van der Waals surface area (Å²) in [5, 5.41) is 0. The molecule has 2 aromatic rings. The van der Waals surface area contributed by atoms with E-state index in [9.17, 15) is 14.4 Å². The third-order valence-electron chi connectivity index (χ3n) is 3.36. The van der Waals surface area contributed by atoms with Gasteiger partial charge in [-0.15, -0.1) is 11.3 Å². The minimum atomic E-state index is -0.330. The van der Waals surface area contributed by atoms with Gasteiger partial charge in [0, 0.05) is 18.7 Å². The summed E-state index contributed by atoms with van der Waals surface area (Å²) >= 11 is 1.90. The molecule has 1 aliphatic rings. The van der Waals surface area contributed by atoms with Crippen molar-refractivity contribution in [2.45, 2.75) is 13.8 Å². The molecule has 0 unspecified atom stereocenters. The largest absolute Gasteiger partial charge is 0.339 e. The molecule has 1 aliphatic carbocycles. The highest BCUT2D eigenvalue weighted by Gasteiger charge is 2.36. The first kappa shape index (κ1) is 14.0. The van der Waals surface area contributed by atoms with Crippen LogP contribution in [0, 0.1) is 0 Å². The summed E-state index contributed by atoms with van der Waals surface area (Å²) in [5.41, 5.74) is 0.457. The van der Waals surface area contributed by atoms with E-state index in [0.717, 1.165) is 23.1 Å². The molecule has 2 aromatic heterocycles. The molecule has 0 atom stereocenters. The first-order valence-corrected chi connectivity index (χ1v) is 7.98. The normalized spacial score (nSPS) is 13.0. The van der Waals surface area contributed by atoms with Crippen LogP contribution in [0.2, 0.25) is 0 Å². The summed E-state index contributed by atoms with van der Waals surface area (Å²) < 4.78 is 7.76. The molecule has 0 saturated carbocycles. The van der Waals surface area contributed by atoms with Crippen molar-refractivity contribution in [1.82, 2.24) is 13.6 Å². The maximum atomic E-state index is 12.3. The molecule has 1 amide bonds. The van der Waals surface area contributed by atoms with Crippen LogP contribution < -0.4 is 0 Å². The van der Waals surface area contributed by atoms with Gasteiger partial charge in [0.05, 0.1) is 21.5 Å². The third-order valence-corrected chi connectivity index (χ3v) is 5.01. The van der Waals surface area contributed by atoms with Crippen molar-refractivity contribution in [2.75, 3.05) is 13.1 Å². The second-order valence-electron chi connectivity index (χ2n) is 4.45. The Hall–Kier alpha value is -1.93. The van der Waals surface area contributed by atoms with Crippen LogP contribution in [0.3, 0.4) is 0 Å². The number of carbonyl (C=O) groups excluding carboxylic acids is 3. The second kappa shape index (κ2) is 5.12. The number of carbonyl (C=O) groups is 3. The molecule has 108 valence electrons. The maximum absolute atomic E-state index is 12.3. The average molecular weight is 321 g/mol. The van der Waals surface area contributed by atoms with Crippen LogP contribution in [0.15, 0.2) is 6.07 Å². The highest BCUT2D eigenvalue weighted by atomic mass is 32.1. The maximum Gasteiger partial charge on any atom is 0.263 e. The summed E-state index contributed by atoms with van der Waals surface area (Å²) in [6, 6.07) is 1.50.